The van der Waals surface area contributed by atoms with Crippen LogP contribution < -0.4 is 0 Å². The summed E-state index contributed by atoms with van der Waals surface area (Å²) >= 11 is 0. The van der Waals surface area contributed by atoms with Gasteiger partial charge in [0.15, 0.2) is 5.78 Å². The lowest BCUT2D eigenvalue weighted by molar-refractivity contribution is -0.127. The zero-order chi connectivity index (χ0) is 18.6. The lowest BCUT2D eigenvalue weighted by atomic mass is 9.90. The summed E-state index contributed by atoms with van der Waals surface area (Å²) in [6.07, 6.45) is 4.85. The fraction of sp³-hybridized carbons (Fsp3) is 0.292. The van der Waals surface area contributed by atoms with Crippen molar-refractivity contribution in [3.8, 4) is 11.8 Å². The maximum atomic E-state index is 12.3. The topological polar surface area (TPSA) is 20.3 Å². The molecule has 0 radical (unpaired) electrons. The van der Waals surface area contributed by atoms with E-state index in [4.69, 9.17) is 0 Å². The highest BCUT2D eigenvalue weighted by Gasteiger charge is 2.23. The highest BCUT2D eigenvalue weighted by molar-refractivity contribution is 5.85. The average molecular weight is 343 g/mol. The van der Waals surface area contributed by atoms with Crippen LogP contribution in [0.5, 0.6) is 0 Å². The maximum Gasteiger partial charge on any atom is 0.157 e. The molecule has 2 aromatic carbocycles. The van der Waals surface area contributed by atoms with Crippen LogP contribution in [0.4, 0.5) is 0 Å². The van der Waals surface area contributed by atoms with E-state index in [9.17, 15) is 4.79 Å². The second-order valence-electron chi connectivity index (χ2n) is 7.77. The molecular formula is C24H25NO. The Morgan fingerprint density at radius 2 is 1.88 bits per heavy atom. The van der Waals surface area contributed by atoms with Crippen LogP contribution in [0.3, 0.4) is 0 Å². The molecule has 1 aliphatic rings. The van der Waals surface area contributed by atoms with Crippen molar-refractivity contribution in [2.45, 2.75) is 33.7 Å². The minimum Gasteiger partial charge on any atom is -0.366 e. The van der Waals surface area contributed by atoms with Gasteiger partial charge in [-0.15, -0.1) is 0 Å². The third-order valence-electron chi connectivity index (χ3n) is 4.53. The molecule has 0 fully saturated rings. The van der Waals surface area contributed by atoms with Crippen molar-refractivity contribution >= 4 is 11.9 Å². The highest BCUT2D eigenvalue weighted by atomic mass is 16.1. The van der Waals surface area contributed by atoms with Crippen LogP contribution in [0.2, 0.25) is 0 Å². The summed E-state index contributed by atoms with van der Waals surface area (Å²) in [4.78, 5) is 14.4. The molecule has 2 aromatic rings. The minimum absolute atomic E-state index is 0.254. The summed E-state index contributed by atoms with van der Waals surface area (Å²) in [5, 5.41) is 0. The van der Waals surface area contributed by atoms with E-state index in [1.54, 1.807) is 0 Å². The Labute approximate surface area is 156 Å². The molecule has 0 aromatic heterocycles. The Hall–Kier alpha value is -2.79. The molecule has 0 saturated carbocycles. The van der Waals surface area contributed by atoms with E-state index in [-0.39, 0.29) is 11.2 Å². The maximum absolute atomic E-state index is 12.3. The molecule has 0 spiro atoms. The lowest BCUT2D eigenvalue weighted by Crippen LogP contribution is -2.33. The Bertz CT molecular complexity index is 876. The molecule has 132 valence electrons. The summed E-state index contributed by atoms with van der Waals surface area (Å²) in [6.45, 7) is 7.11. The average Bonchev–Trinajstić information content (AvgIpc) is 2.61. The molecule has 3 rings (SSSR count). The number of fused-ring (bicyclic) bond motifs is 1. The summed E-state index contributed by atoms with van der Waals surface area (Å²) in [6, 6.07) is 16.6. The molecule has 0 unspecified atom stereocenters. The molecular weight excluding hydrogens is 318 g/mol. The number of benzene rings is 2. The molecule has 0 amide bonds. The Morgan fingerprint density at radius 1 is 1.12 bits per heavy atom. The summed E-state index contributed by atoms with van der Waals surface area (Å²) in [5.74, 6) is 6.77. The monoisotopic (exact) mass is 343 g/mol. The van der Waals surface area contributed by atoms with Crippen LogP contribution in [-0.2, 0) is 17.8 Å². The quantitative estimate of drug-likeness (QED) is 0.754. The van der Waals surface area contributed by atoms with Crippen LogP contribution in [0.25, 0.3) is 6.08 Å². The molecule has 26 heavy (non-hydrogen) atoms. The van der Waals surface area contributed by atoms with E-state index in [1.165, 1.54) is 16.7 Å². The molecule has 0 aliphatic carbocycles. The Kier molecular flexibility index (Phi) is 5.28. The van der Waals surface area contributed by atoms with Gasteiger partial charge in [-0.1, -0.05) is 69.0 Å². The van der Waals surface area contributed by atoms with Crippen LogP contribution in [0.1, 0.15) is 43.0 Å². The lowest BCUT2D eigenvalue weighted by Gasteiger charge is -2.28. The van der Waals surface area contributed by atoms with Gasteiger partial charge in [0.2, 0.25) is 0 Å². The van der Waals surface area contributed by atoms with Crippen molar-refractivity contribution in [1.29, 1.82) is 0 Å². The van der Waals surface area contributed by atoms with Gasteiger partial charge in [-0.05, 0) is 34.9 Å². The second-order valence-corrected chi connectivity index (χ2v) is 7.77. The number of Topliss-reactive ketones (excluding diaryl/α,β-unsaturated/α-hetero) is 1. The summed E-state index contributed by atoms with van der Waals surface area (Å²) in [7, 11) is 0. The Morgan fingerprint density at radius 3 is 2.62 bits per heavy atom. The van der Waals surface area contributed by atoms with Gasteiger partial charge in [0, 0.05) is 30.1 Å². The third kappa shape index (κ3) is 4.64. The van der Waals surface area contributed by atoms with Crippen molar-refractivity contribution < 1.29 is 4.79 Å². The SMILES string of the molecule is CC(C)(C)C(=O)CN1C=Cc2ccc(C#CCc3ccccc3)cc2C1. The molecule has 0 N–H and O–H groups in total. The van der Waals surface area contributed by atoms with E-state index in [1.807, 2.05) is 45.2 Å². The first-order chi connectivity index (χ1) is 12.4. The minimum atomic E-state index is -0.307. The smallest absolute Gasteiger partial charge is 0.157 e. The van der Waals surface area contributed by atoms with E-state index >= 15 is 0 Å². The van der Waals surface area contributed by atoms with E-state index in [0.717, 1.165) is 18.5 Å². The highest BCUT2D eigenvalue weighted by Crippen LogP contribution is 2.23. The predicted molar refractivity (Wildman–Crippen MR) is 107 cm³/mol. The van der Waals surface area contributed by atoms with Crippen LogP contribution in [-0.4, -0.2) is 17.2 Å². The molecule has 2 nitrogen and oxygen atoms in total. The predicted octanol–water partition coefficient (Wildman–Crippen LogP) is 4.68. The number of hydrogen-bond donors (Lipinski definition) is 0. The first-order valence-electron chi connectivity index (χ1n) is 9.03. The van der Waals surface area contributed by atoms with Crippen LogP contribution >= 0.6 is 0 Å². The van der Waals surface area contributed by atoms with Gasteiger partial charge >= 0.3 is 0 Å². The van der Waals surface area contributed by atoms with Crippen molar-refractivity contribution in [1.82, 2.24) is 4.90 Å². The van der Waals surface area contributed by atoms with Crippen LogP contribution in [0, 0.1) is 17.3 Å². The number of nitrogens with zero attached hydrogens (tertiary/aromatic N) is 1. The van der Waals surface area contributed by atoms with Crippen molar-refractivity contribution in [3.05, 3.63) is 77.0 Å². The van der Waals surface area contributed by atoms with Gasteiger partial charge in [-0.2, -0.15) is 0 Å². The fourth-order valence-corrected chi connectivity index (χ4v) is 2.81. The zero-order valence-electron chi connectivity index (χ0n) is 15.8. The fourth-order valence-electron chi connectivity index (χ4n) is 2.81. The number of carbonyl (C=O) groups excluding carboxylic acids is 1. The third-order valence-corrected chi connectivity index (χ3v) is 4.53. The van der Waals surface area contributed by atoms with Gasteiger partial charge in [0.1, 0.15) is 0 Å². The van der Waals surface area contributed by atoms with E-state index in [2.05, 4.69) is 53.1 Å². The number of rotatable bonds is 3. The Balaban J connectivity index is 1.69. The number of hydrogen-bond acceptors (Lipinski definition) is 2. The normalized spacial score (nSPS) is 13.0. The zero-order valence-corrected chi connectivity index (χ0v) is 15.8. The van der Waals surface area contributed by atoms with Crippen LogP contribution in [0.15, 0.2) is 54.7 Å². The molecule has 2 heteroatoms. The van der Waals surface area contributed by atoms with Gasteiger partial charge in [0.25, 0.3) is 0 Å². The number of ketones is 1. The second kappa shape index (κ2) is 7.62. The standard InChI is InChI=1S/C24H25NO/c1-24(2,3)23(26)18-25-15-14-21-13-12-20(16-22(21)17-25)11-7-10-19-8-5-4-6-9-19/h4-6,8-9,12-16H,10,17-18H2,1-3H3. The first kappa shape index (κ1) is 18.0. The summed E-state index contributed by atoms with van der Waals surface area (Å²) in [5.41, 5.74) is 4.38. The molecule has 1 aliphatic heterocycles. The number of carbonyl (C=O) groups is 1. The van der Waals surface area contributed by atoms with E-state index in [0.29, 0.717) is 6.54 Å². The molecule has 0 atom stereocenters. The largest absolute Gasteiger partial charge is 0.366 e. The van der Waals surface area contributed by atoms with E-state index < -0.39 is 0 Å². The van der Waals surface area contributed by atoms with Crippen molar-refractivity contribution in [2.24, 2.45) is 5.41 Å². The molecule has 0 bridgehead atoms. The van der Waals surface area contributed by atoms with Crippen molar-refractivity contribution in [3.63, 3.8) is 0 Å². The van der Waals surface area contributed by atoms with Gasteiger partial charge < -0.3 is 4.90 Å². The van der Waals surface area contributed by atoms with Gasteiger partial charge in [-0.25, -0.2) is 0 Å². The van der Waals surface area contributed by atoms with Gasteiger partial charge in [0.05, 0.1) is 6.54 Å². The molecule has 0 saturated heterocycles. The van der Waals surface area contributed by atoms with Gasteiger partial charge in [-0.3, -0.25) is 4.79 Å². The first-order valence-corrected chi connectivity index (χ1v) is 9.03. The molecule has 1 heterocycles. The summed E-state index contributed by atoms with van der Waals surface area (Å²) < 4.78 is 0. The van der Waals surface area contributed by atoms with Crippen molar-refractivity contribution in [2.75, 3.05) is 6.54 Å².